The normalized spacial score (nSPS) is 13.9. The van der Waals surface area contributed by atoms with Crippen LogP contribution in [0.3, 0.4) is 0 Å². The van der Waals surface area contributed by atoms with Crippen molar-refractivity contribution in [2.24, 2.45) is 0 Å². The monoisotopic (exact) mass is 1450 g/mol. The van der Waals surface area contributed by atoms with Crippen molar-refractivity contribution in [1.29, 1.82) is 0 Å². The topological polar surface area (TPSA) is 26.3 Å². The Morgan fingerprint density at radius 2 is 0.518 bits per heavy atom. The molecule has 24 aromatic carbocycles. The lowest BCUT2D eigenvalue weighted by Gasteiger charge is -2.17. The molecule has 2 nitrogen and oxygen atoms in total. The fraction of sp³-hybridized carbons (Fsp3) is 0. The average Bonchev–Trinajstić information content (AvgIpc) is 1.61. The first-order valence-electron chi connectivity index (χ1n) is 45.3. The van der Waals surface area contributed by atoms with E-state index in [1.807, 2.05) is 109 Å². The molecule has 0 spiro atoms. The van der Waals surface area contributed by atoms with Crippen LogP contribution in [0, 0.1) is 0 Å². The van der Waals surface area contributed by atoms with Gasteiger partial charge in [-0.2, -0.15) is 0 Å². The highest BCUT2D eigenvalue weighted by Crippen LogP contribution is 2.48. The molecule has 0 aliphatic carbocycles. The van der Waals surface area contributed by atoms with Gasteiger partial charge in [0.25, 0.3) is 0 Å². The zero-order valence-corrected chi connectivity index (χ0v) is 60.7. The van der Waals surface area contributed by atoms with Gasteiger partial charge in [-0.25, -0.2) is 0 Å². The molecule has 0 amide bonds. The van der Waals surface area contributed by atoms with Crippen LogP contribution in [0.4, 0.5) is 0 Å². The van der Waals surface area contributed by atoms with Gasteiger partial charge in [0, 0.05) is 21.5 Å². The Kier molecular flexibility index (Phi) is 10.8. The van der Waals surface area contributed by atoms with Crippen molar-refractivity contribution in [3.8, 4) is 89.0 Å². The molecule has 2 heteroatoms. The summed E-state index contributed by atoms with van der Waals surface area (Å²) in [5.74, 6) is 0. The number of benzene rings is 24. The van der Waals surface area contributed by atoms with Gasteiger partial charge in [0.05, 0.1) is 19.2 Å². The zero-order chi connectivity index (χ0) is 86.6. The molecule has 0 bridgehead atoms. The molecule has 114 heavy (non-hydrogen) atoms. The Morgan fingerprint density at radius 3 is 1.04 bits per heavy atom. The molecule has 0 atom stereocenters. The maximum Gasteiger partial charge on any atom is 0.135 e. The van der Waals surface area contributed by atoms with E-state index in [4.69, 9.17) is 14.3 Å². The van der Waals surface area contributed by atoms with Crippen molar-refractivity contribution in [2.75, 3.05) is 0 Å². The predicted molar refractivity (Wildman–Crippen MR) is 486 cm³/mol. The highest BCUT2D eigenvalue weighted by atomic mass is 16.3. The molecule has 0 N–H and O–H groups in total. The molecule has 0 unspecified atom stereocenters. The SMILES string of the molecule is [2H]c1c([2H])c(-c2ccc3ccc4cccc5ccc2c3c45)c([2H])c([2H])c1-c1c([2H])c(-c2ccc3oc4ccccc4c3c2)c([2H])c(-c2ccc3ccc4cccc5ccc2c3c45)c1[2H].[2H]c1c([2H])c([2H])c2c(oc3c([2H])c([2H])c(-c4cc(-c5ccc(-c6ccc7ccc8cccc9ccc6c7c89)cc5)cc(-c5ccc6ccc7cccc8ccc5c6c78)c4)c([2H])c32)c1[2H]. The summed E-state index contributed by atoms with van der Waals surface area (Å²) < 4.78 is 143. The van der Waals surface area contributed by atoms with Gasteiger partial charge in [0.2, 0.25) is 0 Å². The lowest BCUT2D eigenvalue weighted by Crippen LogP contribution is -1.90. The van der Waals surface area contributed by atoms with E-state index in [0.717, 1.165) is 136 Å². The first-order chi connectivity index (χ1) is 62.3. The fourth-order valence-corrected chi connectivity index (χ4v) is 18.6. The van der Waals surface area contributed by atoms with E-state index < -0.39 is 12.1 Å². The summed E-state index contributed by atoms with van der Waals surface area (Å²) in [4.78, 5) is 0. The first kappa shape index (κ1) is 50.7. The maximum atomic E-state index is 10.0. The van der Waals surface area contributed by atoms with Crippen molar-refractivity contribution < 1.29 is 28.0 Å². The number of hydrogen-bond donors (Lipinski definition) is 0. The molecule has 0 saturated carbocycles. The van der Waals surface area contributed by atoms with Gasteiger partial charge in [-0.1, -0.05) is 315 Å². The van der Waals surface area contributed by atoms with Crippen LogP contribution >= 0.6 is 0 Å². The number of para-hydroxylation sites is 2. The second kappa shape index (κ2) is 24.3. The Morgan fingerprint density at radius 1 is 0.158 bits per heavy atom. The van der Waals surface area contributed by atoms with E-state index >= 15 is 0 Å². The van der Waals surface area contributed by atoms with Crippen LogP contribution in [0.5, 0.6) is 0 Å². The second-order valence-electron chi connectivity index (χ2n) is 30.1. The van der Waals surface area contributed by atoms with Crippen molar-refractivity contribution in [2.45, 2.75) is 0 Å². The van der Waals surface area contributed by atoms with Crippen LogP contribution in [-0.2, 0) is 0 Å². The molecule has 524 valence electrons. The van der Waals surface area contributed by atoms with Crippen molar-refractivity contribution in [3.63, 3.8) is 0 Å². The molecule has 26 rings (SSSR count). The van der Waals surface area contributed by atoms with Crippen molar-refractivity contribution >= 4 is 173 Å². The van der Waals surface area contributed by atoms with Crippen molar-refractivity contribution in [3.05, 3.63) is 388 Å². The highest BCUT2D eigenvalue weighted by Gasteiger charge is 2.22. The summed E-state index contributed by atoms with van der Waals surface area (Å²) >= 11 is 0. The molecule has 2 heterocycles. The van der Waals surface area contributed by atoms with E-state index in [1.54, 1.807) is 0 Å². The Balaban J connectivity index is 0.000000139. The van der Waals surface area contributed by atoms with Gasteiger partial charge in [-0.3, -0.25) is 0 Å². The zero-order valence-electron chi connectivity index (χ0n) is 74.7. The minimum atomic E-state index is -0.461. The minimum Gasteiger partial charge on any atom is -0.456 e. The molecule has 26 aromatic rings. The summed E-state index contributed by atoms with van der Waals surface area (Å²) in [7, 11) is 0. The van der Waals surface area contributed by atoms with Crippen LogP contribution in [0.1, 0.15) is 19.2 Å². The molecule has 0 aliphatic heterocycles. The third-order valence-electron chi connectivity index (χ3n) is 23.9. The summed E-state index contributed by atoms with van der Waals surface area (Å²) in [6.45, 7) is 0. The lowest BCUT2D eigenvalue weighted by molar-refractivity contribution is 0.668. The fourth-order valence-electron chi connectivity index (χ4n) is 18.6. The summed E-state index contributed by atoms with van der Waals surface area (Å²) in [5, 5.41) is 28.1. The van der Waals surface area contributed by atoms with Gasteiger partial charge in [0.1, 0.15) is 22.3 Å². The largest absolute Gasteiger partial charge is 0.456 e. The van der Waals surface area contributed by atoms with E-state index in [9.17, 15) is 13.7 Å². The Bertz CT molecular complexity index is 9300. The Hall–Kier alpha value is -15.0. The Labute approximate surface area is 674 Å². The van der Waals surface area contributed by atoms with Crippen LogP contribution in [0.2, 0.25) is 0 Å². The van der Waals surface area contributed by atoms with Crippen molar-refractivity contribution in [1.82, 2.24) is 0 Å². The van der Waals surface area contributed by atoms with E-state index in [2.05, 4.69) is 194 Å². The number of furan rings is 2. The molecule has 0 aliphatic rings. The van der Waals surface area contributed by atoms with E-state index in [-0.39, 0.29) is 128 Å². The first-order valence-corrected chi connectivity index (χ1v) is 38.3. The molecular formula is C112H64O2. The third-order valence-corrected chi connectivity index (χ3v) is 23.9. The van der Waals surface area contributed by atoms with Crippen LogP contribution < -0.4 is 0 Å². The van der Waals surface area contributed by atoms with Gasteiger partial charge in [-0.15, -0.1) is 0 Å². The standard InChI is InChI=1S/2C56H32O/c2*1-2-10-51-47(9-1)50-32-41(23-28-52(50)57-51)43-29-42(30-44(31-43)46-25-20-40-18-16-36-6-4-8-38-22-27-49(46)56(40)54(36)38)33-11-13-34(14-12-33)45-24-19-39-17-15-35-5-3-7-37-21-26-48(45)55(39)53(35)37/h2*1-32H/i11D,12D,13D,14D,29D,30D,31D;1D,2D,9D,10D,23D,28D,32D. The predicted octanol–water partition coefficient (Wildman–Crippen LogP) is 32.1. The number of rotatable bonds is 8. The second-order valence-corrected chi connectivity index (χ2v) is 30.1. The summed E-state index contributed by atoms with van der Waals surface area (Å²) in [5.41, 5.74) is 9.77. The molecule has 0 fully saturated rings. The van der Waals surface area contributed by atoms with Crippen LogP contribution in [0.25, 0.3) is 262 Å². The average molecular weight is 1460 g/mol. The number of hydrogen-bond acceptors (Lipinski definition) is 2. The van der Waals surface area contributed by atoms with Gasteiger partial charge in [0.15, 0.2) is 0 Å². The van der Waals surface area contributed by atoms with Gasteiger partial charge >= 0.3 is 0 Å². The van der Waals surface area contributed by atoms with E-state index in [1.165, 1.54) is 37.7 Å². The smallest absolute Gasteiger partial charge is 0.135 e. The van der Waals surface area contributed by atoms with E-state index in [0.29, 0.717) is 33.4 Å². The minimum absolute atomic E-state index is 0.0336. The molecular weight excluding hydrogens is 1380 g/mol. The highest BCUT2D eigenvalue weighted by molar-refractivity contribution is 6.30. The lowest BCUT2D eigenvalue weighted by atomic mass is 9.87. The molecule has 0 radical (unpaired) electrons. The third kappa shape index (κ3) is 9.62. The summed E-state index contributed by atoms with van der Waals surface area (Å²) in [6.07, 6.45) is 0. The van der Waals surface area contributed by atoms with Gasteiger partial charge in [-0.05, 0) is 291 Å². The van der Waals surface area contributed by atoms with Crippen LogP contribution in [0.15, 0.2) is 397 Å². The van der Waals surface area contributed by atoms with Gasteiger partial charge < -0.3 is 8.83 Å². The molecule has 2 aromatic heterocycles. The summed E-state index contributed by atoms with van der Waals surface area (Å²) in [6, 6.07) is 99.3. The maximum absolute atomic E-state index is 10.0. The quantitative estimate of drug-likeness (QED) is 0.142. The molecule has 0 saturated heterocycles. The number of fused-ring (bicyclic) bond motifs is 6. The van der Waals surface area contributed by atoms with Crippen LogP contribution in [-0.4, -0.2) is 0 Å².